The molecule has 5 nitrogen and oxygen atoms in total. The first-order valence-corrected chi connectivity index (χ1v) is 6.66. The van der Waals surface area contributed by atoms with E-state index in [1.54, 1.807) is 17.4 Å². The number of hydrogen-bond acceptors (Lipinski definition) is 4. The Bertz CT molecular complexity index is 588. The summed E-state index contributed by atoms with van der Waals surface area (Å²) in [6.45, 7) is 1.26. The second-order valence-electron chi connectivity index (χ2n) is 4.97. The van der Waals surface area contributed by atoms with Crippen molar-refractivity contribution in [1.29, 1.82) is 0 Å². The Balaban J connectivity index is 1.70. The van der Waals surface area contributed by atoms with Crippen LogP contribution in [0.3, 0.4) is 0 Å². The van der Waals surface area contributed by atoms with Gasteiger partial charge in [0.25, 0.3) is 0 Å². The fourth-order valence-corrected chi connectivity index (χ4v) is 2.51. The highest BCUT2D eigenvalue weighted by Gasteiger charge is 2.33. The third-order valence-corrected chi connectivity index (χ3v) is 3.63. The van der Waals surface area contributed by atoms with Crippen LogP contribution in [-0.2, 0) is 6.18 Å². The summed E-state index contributed by atoms with van der Waals surface area (Å²) in [4.78, 5) is 13.4. The molecule has 8 heteroatoms. The maximum Gasteiger partial charge on any atom is 0.433 e. The lowest BCUT2D eigenvalue weighted by atomic mass is 10.1. The summed E-state index contributed by atoms with van der Waals surface area (Å²) in [5.41, 5.74) is -0.899. The second-order valence-corrected chi connectivity index (χ2v) is 4.97. The van der Waals surface area contributed by atoms with E-state index in [0.717, 1.165) is 25.1 Å². The molecule has 21 heavy (non-hydrogen) atoms. The molecule has 0 aliphatic carbocycles. The van der Waals surface area contributed by atoms with Crippen LogP contribution in [0, 0.1) is 0 Å². The van der Waals surface area contributed by atoms with Gasteiger partial charge in [-0.15, -0.1) is 0 Å². The molecule has 0 bridgehead atoms. The van der Waals surface area contributed by atoms with Gasteiger partial charge in [0, 0.05) is 37.7 Å². The van der Waals surface area contributed by atoms with Gasteiger partial charge in [-0.25, -0.2) is 15.0 Å². The third-order valence-electron chi connectivity index (χ3n) is 3.63. The lowest BCUT2D eigenvalue weighted by Gasteiger charge is -2.32. The minimum atomic E-state index is -4.44. The van der Waals surface area contributed by atoms with Crippen LogP contribution in [0.15, 0.2) is 31.0 Å². The molecule has 0 saturated carbocycles. The zero-order chi connectivity index (χ0) is 14.9. The number of anilines is 1. The van der Waals surface area contributed by atoms with Gasteiger partial charge in [-0.1, -0.05) is 0 Å². The summed E-state index contributed by atoms with van der Waals surface area (Å²) in [5.74, 6) is 0.147. The fourth-order valence-electron chi connectivity index (χ4n) is 2.51. The van der Waals surface area contributed by atoms with Crippen molar-refractivity contribution in [2.24, 2.45) is 0 Å². The van der Waals surface area contributed by atoms with Crippen LogP contribution < -0.4 is 4.90 Å². The standard InChI is InChI=1S/C13H14F3N5/c14-13(15,16)11-1-4-18-12(19-11)20-6-2-10(3-7-20)21-8-5-17-9-21/h1,4-5,8-10H,2-3,6-7H2. The van der Waals surface area contributed by atoms with Crippen molar-refractivity contribution >= 4 is 5.95 Å². The number of halogens is 3. The predicted octanol–water partition coefficient (Wildman–Crippen LogP) is 2.53. The Morgan fingerprint density at radius 2 is 1.90 bits per heavy atom. The lowest BCUT2D eigenvalue weighted by Crippen LogP contribution is -2.35. The molecule has 3 rings (SSSR count). The van der Waals surface area contributed by atoms with Gasteiger partial charge in [-0.05, 0) is 18.9 Å². The summed E-state index contributed by atoms with van der Waals surface area (Å²) < 4.78 is 40.0. The first kappa shape index (κ1) is 13.8. The van der Waals surface area contributed by atoms with Crippen molar-refractivity contribution in [2.75, 3.05) is 18.0 Å². The van der Waals surface area contributed by atoms with E-state index in [1.165, 1.54) is 0 Å². The molecule has 0 spiro atoms. The maximum absolute atomic E-state index is 12.7. The molecule has 112 valence electrons. The zero-order valence-electron chi connectivity index (χ0n) is 11.2. The second kappa shape index (κ2) is 5.34. The Morgan fingerprint density at radius 1 is 1.14 bits per heavy atom. The number of imidazole rings is 1. The molecule has 3 heterocycles. The van der Waals surface area contributed by atoms with Crippen LogP contribution in [0.4, 0.5) is 19.1 Å². The molecule has 2 aromatic rings. The molecule has 0 radical (unpaired) electrons. The molecule has 0 aromatic carbocycles. The van der Waals surface area contributed by atoms with Crippen LogP contribution in [0.1, 0.15) is 24.6 Å². The highest BCUT2D eigenvalue weighted by Crippen LogP contribution is 2.29. The summed E-state index contributed by atoms with van der Waals surface area (Å²) in [6, 6.07) is 1.22. The molecule has 1 saturated heterocycles. The Morgan fingerprint density at radius 3 is 2.52 bits per heavy atom. The van der Waals surface area contributed by atoms with Crippen LogP contribution in [0.5, 0.6) is 0 Å². The Kier molecular flexibility index (Phi) is 3.52. The number of nitrogens with zero attached hydrogens (tertiary/aromatic N) is 5. The lowest BCUT2D eigenvalue weighted by molar-refractivity contribution is -0.141. The van der Waals surface area contributed by atoms with E-state index in [4.69, 9.17) is 0 Å². The molecule has 0 N–H and O–H groups in total. The molecule has 2 aromatic heterocycles. The monoisotopic (exact) mass is 297 g/mol. The maximum atomic E-state index is 12.7. The van der Waals surface area contributed by atoms with Gasteiger partial charge in [-0.3, -0.25) is 0 Å². The van der Waals surface area contributed by atoms with Gasteiger partial charge in [-0.2, -0.15) is 13.2 Å². The highest BCUT2D eigenvalue weighted by molar-refractivity contribution is 5.31. The van der Waals surface area contributed by atoms with E-state index in [-0.39, 0.29) is 5.95 Å². The Hall–Kier alpha value is -2.12. The number of alkyl halides is 3. The number of hydrogen-bond donors (Lipinski definition) is 0. The summed E-state index contributed by atoms with van der Waals surface area (Å²) in [5, 5.41) is 0. The van der Waals surface area contributed by atoms with Gasteiger partial charge in [0.1, 0.15) is 5.69 Å². The molecule has 0 unspecified atom stereocenters. The van der Waals surface area contributed by atoms with Crippen molar-refractivity contribution in [3.63, 3.8) is 0 Å². The Labute approximate surface area is 119 Å². The van der Waals surface area contributed by atoms with E-state index in [1.807, 2.05) is 10.8 Å². The van der Waals surface area contributed by atoms with E-state index in [0.29, 0.717) is 19.1 Å². The highest BCUT2D eigenvalue weighted by atomic mass is 19.4. The SMILES string of the molecule is FC(F)(F)c1ccnc(N2CCC(n3ccnc3)CC2)n1. The number of aromatic nitrogens is 4. The van der Waals surface area contributed by atoms with Crippen LogP contribution in [-0.4, -0.2) is 32.6 Å². The molecular weight excluding hydrogens is 283 g/mol. The average molecular weight is 297 g/mol. The number of piperidine rings is 1. The van der Waals surface area contributed by atoms with Crippen molar-refractivity contribution in [3.8, 4) is 0 Å². The van der Waals surface area contributed by atoms with Gasteiger partial charge >= 0.3 is 6.18 Å². The van der Waals surface area contributed by atoms with Crippen molar-refractivity contribution < 1.29 is 13.2 Å². The molecule has 1 aliphatic heterocycles. The first-order valence-electron chi connectivity index (χ1n) is 6.66. The molecule has 0 amide bonds. The van der Waals surface area contributed by atoms with Gasteiger partial charge in [0.2, 0.25) is 5.95 Å². The predicted molar refractivity (Wildman–Crippen MR) is 69.7 cm³/mol. The van der Waals surface area contributed by atoms with Gasteiger partial charge in [0.15, 0.2) is 0 Å². The van der Waals surface area contributed by atoms with Crippen LogP contribution in [0.25, 0.3) is 0 Å². The van der Waals surface area contributed by atoms with E-state index >= 15 is 0 Å². The summed E-state index contributed by atoms with van der Waals surface area (Å²) >= 11 is 0. The van der Waals surface area contributed by atoms with Crippen molar-refractivity contribution in [1.82, 2.24) is 19.5 Å². The molecule has 1 aliphatic rings. The van der Waals surface area contributed by atoms with E-state index in [2.05, 4.69) is 15.0 Å². The van der Waals surface area contributed by atoms with Crippen LogP contribution >= 0.6 is 0 Å². The van der Waals surface area contributed by atoms with Gasteiger partial charge in [0.05, 0.1) is 6.33 Å². The first-order chi connectivity index (χ1) is 10.0. The third kappa shape index (κ3) is 2.98. The minimum absolute atomic E-state index is 0.147. The minimum Gasteiger partial charge on any atom is -0.341 e. The van der Waals surface area contributed by atoms with Crippen LogP contribution in [0.2, 0.25) is 0 Å². The molecular formula is C13H14F3N5. The smallest absolute Gasteiger partial charge is 0.341 e. The van der Waals surface area contributed by atoms with Crippen molar-refractivity contribution in [2.45, 2.75) is 25.1 Å². The fraction of sp³-hybridized carbons (Fsp3) is 0.462. The topological polar surface area (TPSA) is 46.8 Å². The van der Waals surface area contributed by atoms with Gasteiger partial charge < -0.3 is 9.47 Å². The molecule has 1 fully saturated rings. The van der Waals surface area contributed by atoms with E-state index < -0.39 is 11.9 Å². The zero-order valence-corrected chi connectivity index (χ0v) is 11.2. The van der Waals surface area contributed by atoms with E-state index in [9.17, 15) is 13.2 Å². The normalized spacial score (nSPS) is 17.2. The summed E-state index contributed by atoms with van der Waals surface area (Å²) in [6.07, 6.45) is 3.77. The van der Waals surface area contributed by atoms with Crippen molar-refractivity contribution in [3.05, 3.63) is 36.7 Å². The largest absolute Gasteiger partial charge is 0.433 e. The average Bonchev–Trinajstić information content (AvgIpc) is 3.01. The quantitative estimate of drug-likeness (QED) is 0.854. The molecule has 0 atom stereocenters. The number of rotatable bonds is 2. The summed E-state index contributed by atoms with van der Waals surface area (Å²) in [7, 11) is 0.